The lowest BCUT2D eigenvalue weighted by Crippen LogP contribution is -2.33. The second-order valence-electron chi connectivity index (χ2n) is 5.67. The van der Waals surface area contributed by atoms with Gasteiger partial charge in [0.2, 0.25) is 0 Å². The molecule has 0 bridgehead atoms. The minimum Gasteiger partial charge on any atom is -0.383 e. The molecular weight excluding hydrogens is 250 g/mol. The van der Waals surface area contributed by atoms with E-state index in [4.69, 9.17) is 5.73 Å². The number of benzene rings is 1. The van der Waals surface area contributed by atoms with Gasteiger partial charge in [0.25, 0.3) is 5.91 Å². The Labute approximate surface area is 118 Å². The number of nitrogens with one attached hydrogen (secondary N) is 1. The normalized spacial score (nSPS) is 16.1. The molecular formula is C16H19N3O. The van der Waals surface area contributed by atoms with Gasteiger partial charge in [0.15, 0.2) is 0 Å². The molecule has 1 aliphatic rings. The molecule has 4 nitrogen and oxygen atoms in total. The highest BCUT2D eigenvalue weighted by molar-refractivity contribution is 5.99. The van der Waals surface area contributed by atoms with Crippen LogP contribution in [0.15, 0.2) is 30.3 Å². The van der Waals surface area contributed by atoms with E-state index in [-0.39, 0.29) is 11.9 Å². The van der Waals surface area contributed by atoms with Crippen LogP contribution < -0.4 is 11.1 Å². The maximum absolute atomic E-state index is 12.2. The summed E-state index contributed by atoms with van der Waals surface area (Å²) in [5, 5.41) is 4.83. The lowest BCUT2D eigenvalue weighted by Gasteiger charge is -2.13. The molecule has 3 N–H and O–H groups in total. The molecule has 1 unspecified atom stereocenters. The molecule has 1 aromatic carbocycles. The molecule has 1 atom stereocenters. The van der Waals surface area contributed by atoms with Crippen LogP contribution >= 0.6 is 0 Å². The molecule has 0 aliphatic heterocycles. The summed E-state index contributed by atoms with van der Waals surface area (Å²) in [7, 11) is 0. The largest absolute Gasteiger partial charge is 0.383 e. The van der Waals surface area contributed by atoms with E-state index in [1.807, 2.05) is 31.2 Å². The third-order valence-electron chi connectivity index (χ3n) is 3.76. The van der Waals surface area contributed by atoms with Gasteiger partial charge in [0.05, 0.1) is 0 Å². The smallest absolute Gasteiger partial charge is 0.270 e. The van der Waals surface area contributed by atoms with Crippen LogP contribution in [0.2, 0.25) is 0 Å². The Kier molecular flexibility index (Phi) is 3.30. The molecule has 3 rings (SSSR count). The predicted octanol–water partition coefficient (Wildman–Crippen LogP) is 2.74. The van der Waals surface area contributed by atoms with E-state index < -0.39 is 0 Å². The molecule has 1 amide bonds. The number of pyridine rings is 1. The average molecular weight is 269 g/mol. The fraction of sp³-hybridized carbons (Fsp3) is 0.375. The Balaban J connectivity index is 1.80. The number of carbonyl (C=O) groups excluding carboxylic acids is 1. The number of hydrogen-bond acceptors (Lipinski definition) is 3. The van der Waals surface area contributed by atoms with Gasteiger partial charge in [0.1, 0.15) is 11.5 Å². The second kappa shape index (κ2) is 5.12. The minimum atomic E-state index is -0.143. The highest BCUT2D eigenvalue weighted by Crippen LogP contribution is 2.33. The summed E-state index contributed by atoms with van der Waals surface area (Å²) in [6, 6.07) is 9.68. The predicted molar refractivity (Wildman–Crippen MR) is 80.4 cm³/mol. The Morgan fingerprint density at radius 2 is 2.20 bits per heavy atom. The number of nitrogen functional groups attached to an aromatic ring is 1. The third-order valence-corrected chi connectivity index (χ3v) is 3.76. The molecule has 1 aliphatic carbocycles. The van der Waals surface area contributed by atoms with Gasteiger partial charge in [-0.25, -0.2) is 4.98 Å². The lowest BCUT2D eigenvalue weighted by atomic mass is 10.1. The molecule has 1 fully saturated rings. The summed E-state index contributed by atoms with van der Waals surface area (Å²) in [5.41, 5.74) is 6.32. The zero-order valence-corrected chi connectivity index (χ0v) is 11.6. The van der Waals surface area contributed by atoms with Gasteiger partial charge < -0.3 is 11.1 Å². The van der Waals surface area contributed by atoms with Crippen LogP contribution in [0.3, 0.4) is 0 Å². The van der Waals surface area contributed by atoms with Crippen molar-refractivity contribution < 1.29 is 4.79 Å². The number of nitrogens with zero attached hydrogens (tertiary/aromatic N) is 1. The SMILES string of the molecule is CC(CC1CC1)NC(=O)c1cc2ccccc2c(N)n1. The molecule has 1 heterocycles. The lowest BCUT2D eigenvalue weighted by molar-refractivity contribution is 0.0932. The van der Waals surface area contributed by atoms with Gasteiger partial charge in [-0.3, -0.25) is 4.79 Å². The second-order valence-corrected chi connectivity index (χ2v) is 5.67. The number of anilines is 1. The van der Waals surface area contributed by atoms with Gasteiger partial charge in [-0.15, -0.1) is 0 Å². The van der Waals surface area contributed by atoms with Gasteiger partial charge in [-0.1, -0.05) is 37.1 Å². The van der Waals surface area contributed by atoms with Crippen molar-refractivity contribution in [1.82, 2.24) is 10.3 Å². The topological polar surface area (TPSA) is 68.0 Å². The van der Waals surface area contributed by atoms with Crippen LogP contribution in [0.25, 0.3) is 10.8 Å². The molecule has 0 saturated heterocycles. The van der Waals surface area contributed by atoms with Gasteiger partial charge >= 0.3 is 0 Å². The van der Waals surface area contributed by atoms with Crippen molar-refractivity contribution in [2.45, 2.75) is 32.2 Å². The van der Waals surface area contributed by atoms with E-state index >= 15 is 0 Å². The third kappa shape index (κ3) is 2.74. The van der Waals surface area contributed by atoms with Crippen molar-refractivity contribution in [3.05, 3.63) is 36.0 Å². The van der Waals surface area contributed by atoms with Crippen molar-refractivity contribution >= 4 is 22.5 Å². The van der Waals surface area contributed by atoms with Gasteiger partial charge in [-0.05, 0) is 30.7 Å². The van der Waals surface area contributed by atoms with Crippen molar-refractivity contribution in [3.63, 3.8) is 0 Å². The number of carbonyl (C=O) groups is 1. The van der Waals surface area contributed by atoms with E-state index in [0.29, 0.717) is 11.5 Å². The molecule has 1 saturated carbocycles. The average Bonchev–Trinajstić information content (AvgIpc) is 3.22. The van der Waals surface area contributed by atoms with Crippen molar-refractivity contribution in [3.8, 4) is 0 Å². The van der Waals surface area contributed by atoms with Crippen molar-refractivity contribution in [2.75, 3.05) is 5.73 Å². The first kappa shape index (κ1) is 12.9. The number of nitrogens with two attached hydrogens (primary N) is 1. The number of rotatable bonds is 4. The van der Waals surface area contributed by atoms with E-state index in [2.05, 4.69) is 10.3 Å². The number of hydrogen-bond donors (Lipinski definition) is 2. The minimum absolute atomic E-state index is 0.143. The van der Waals surface area contributed by atoms with Crippen LogP contribution in [0.5, 0.6) is 0 Å². The maximum atomic E-state index is 12.2. The molecule has 1 aromatic heterocycles. The van der Waals surface area contributed by atoms with Crippen molar-refractivity contribution in [1.29, 1.82) is 0 Å². The summed E-state index contributed by atoms with van der Waals surface area (Å²) in [4.78, 5) is 16.4. The zero-order chi connectivity index (χ0) is 14.1. The fourth-order valence-corrected chi connectivity index (χ4v) is 2.55. The Hall–Kier alpha value is -2.10. The fourth-order valence-electron chi connectivity index (χ4n) is 2.55. The number of aromatic nitrogens is 1. The molecule has 2 aromatic rings. The molecule has 4 heteroatoms. The highest BCUT2D eigenvalue weighted by Gasteiger charge is 2.24. The summed E-state index contributed by atoms with van der Waals surface area (Å²) < 4.78 is 0. The van der Waals surface area contributed by atoms with E-state index in [0.717, 1.165) is 23.1 Å². The first-order chi connectivity index (χ1) is 9.63. The summed E-state index contributed by atoms with van der Waals surface area (Å²) in [5.74, 6) is 1.05. The molecule has 104 valence electrons. The number of amides is 1. The van der Waals surface area contributed by atoms with Gasteiger partial charge in [0, 0.05) is 11.4 Å². The summed E-state index contributed by atoms with van der Waals surface area (Å²) in [6.07, 6.45) is 3.64. The zero-order valence-electron chi connectivity index (χ0n) is 11.6. The van der Waals surface area contributed by atoms with E-state index in [9.17, 15) is 4.79 Å². The molecule has 0 radical (unpaired) electrons. The quantitative estimate of drug-likeness (QED) is 0.896. The molecule has 20 heavy (non-hydrogen) atoms. The highest BCUT2D eigenvalue weighted by atomic mass is 16.1. The Bertz CT molecular complexity index is 649. The summed E-state index contributed by atoms with van der Waals surface area (Å²) >= 11 is 0. The van der Waals surface area contributed by atoms with E-state index in [1.54, 1.807) is 6.07 Å². The van der Waals surface area contributed by atoms with E-state index in [1.165, 1.54) is 12.8 Å². The summed E-state index contributed by atoms with van der Waals surface area (Å²) in [6.45, 7) is 2.04. The van der Waals surface area contributed by atoms with Crippen LogP contribution in [-0.2, 0) is 0 Å². The van der Waals surface area contributed by atoms with Crippen LogP contribution in [0.4, 0.5) is 5.82 Å². The maximum Gasteiger partial charge on any atom is 0.270 e. The van der Waals surface area contributed by atoms with Crippen LogP contribution in [0.1, 0.15) is 36.7 Å². The van der Waals surface area contributed by atoms with Crippen LogP contribution in [-0.4, -0.2) is 16.9 Å². The van der Waals surface area contributed by atoms with Crippen molar-refractivity contribution in [2.24, 2.45) is 5.92 Å². The number of fused-ring (bicyclic) bond motifs is 1. The Morgan fingerprint density at radius 3 is 2.95 bits per heavy atom. The standard InChI is InChI=1S/C16H19N3O/c1-10(8-11-6-7-11)18-16(20)14-9-12-4-2-3-5-13(12)15(17)19-14/h2-5,9-11H,6-8H2,1H3,(H2,17,19)(H,18,20). The molecule has 0 spiro atoms. The first-order valence-electron chi connectivity index (χ1n) is 7.09. The van der Waals surface area contributed by atoms with Gasteiger partial charge in [-0.2, -0.15) is 0 Å². The van der Waals surface area contributed by atoms with Crippen LogP contribution in [0, 0.1) is 5.92 Å². The first-order valence-corrected chi connectivity index (χ1v) is 7.09. The monoisotopic (exact) mass is 269 g/mol. The Morgan fingerprint density at radius 1 is 1.45 bits per heavy atom.